The van der Waals surface area contributed by atoms with Gasteiger partial charge in [-0.15, -0.1) is 0 Å². The average molecular weight is 339 g/mol. The van der Waals surface area contributed by atoms with Gasteiger partial charge in [-0.1, -0.05) is 18.2 Å². The second-order valence-electron chi connectivity index (χ2n) is 5.67. The molecule has 1 aromatic carbocycles. The van der Waals surface area contributed by atoms with Crippen LogP contribution in [-0.4, -0.2) is 74.1 Å². The Labute approximate surface area is 137 Å². The van der Waals surface area contributed by atoms with Gasteiger partial charge in [-0.2, -0.15) is 0 Å². The largest absolute Gasteiger partial charge is 0.467 e. The molecule has 2 aromatic rings. The highest BCUT2D eigenvalue weighted by Gasteiger charge is 2.50. The number of aliphatic hydroxyl groups is 5. The first kappa shape index (κ1) is 18.4. The molecule has 1 heterocycles. The molecule has 0 saturated carbocycles. The lowest BCUT2D eigenvalue weighted by molar-refractivity contribution is -0.199. The van der Waals surface area contributed by atoms with Crippen LogP contribution in [0.3, 0.4) is 0 Å². The van der Waals surface area contributed by atoms with Crippen LogP contribution >= 0.6 is 0 Å². The molecular formula is C16H21NO7. The summed E-state index contributed by atoms with van der Waals surface area (Å²) in [4.78, 5) is 14.6. The van der Waals surface area contributed by atoms with Gasteiger partial charge in [0.1, 0.15) is 17.8 Å². The van der Waals surface area contributed by atoms with Gasteiger partial charge in [-0.3, -0.25) is 0 Å². The number of aliphatic hydroxyl groups excluding tert-OH is 4. The number of aromatic nitrogens is 1. The Balaban J connectivity index is 2.39. The fraction of sp³-hybridized carbons (Fsp3) is 0.438. The van der Waals surface area contributed by atoms with E-state index < -0.39 is 36.5 Å². The van der Waals surface area contributed by atoms with Crippen molar-refractivity contribution in [3.05, 3.63) is 36.0 Å². The number of methoxy groups -OCH3 is 1. The van der Waals surface area contributed by atoms with Crippen molar-refractivity contribution < 1.29 is 35.1 Å². The number of rotatable bonds is 7. The number of hydrogen-bond acceptors (Lipinski definition) is 7. The quantitative estimate of drug-likeness (QED) is 0.344. The van der Waals surface area contributed by atoms with Crippen LogP contribution in [0, 0.1) is 0 Å². The number of ether oxygens (including phenoxy) is 1. The normalized spacial score (nSPS) is 17.9. The summed E-state index contributed by atoms with van der Waals surface area (Å²) >= 11 is 0. The van der Waals surface area contributed by atoms with Crippen LogP contribution in [0.15, 0.2) is 30.3 Å². The molecule has 1 aromatic heterocycles. The lowest BCUT2D eigenvalue weighted by Crippen LogP contribution is -2.61. The van der Waals surface area contributed by atoms with Gasteiger partial charge in [-0.25, -0.2) is 4.79 Å². The molecule has 0 amide bonds. The first-order valence-corrected chi connectivity index (χ1v) is 7.35. The maximum atomic E-state index is 11.6. The summed E-state index contributed by atoms with van der Waals surface area (Å²) < 4.78 is 4.40. The third-order valence-electron chi connectivity index (χ3n) is 4.02. The third-order valence-corrected chi connectivity index (χ3v) is 4.02. The zero-order valence-electron chi connectivity index (χ0n) is 13.1. The summed E-state index contributed by atoms with van der Waals surface area (Å²) in [6.45, 7) is -0.857. The standard InChI is InChI=1S/C16H21NO7/c1-24-15(22)14(21)16(23,13(20)12(19)8-18)7-10-6-9-4-2-3-5-11(9)17-10/h2-6,12-14,17-21,23H,7-8H2,1H3. The summed E-state index contributed by atoms with van der Waals surface area (Å²) in [5.74, 6) is -1.17. The number of nitrogens with one attached hydrogen (secondary N) is 1. The van der Waals surface area contributed by atoms with Gasteiger partial charge >= 0.3 is 5.97 Å². The molecule has 0 radical (unpaired) electrons. The van der Waals surface area contributed by atoms with E-state index in [0.717, 1.165) is 18.0 Å². The molecule has 0 aliphatic rings. The lowest BCUT2D eigenvalue weighted by Gasteiger charge is -2.37. The molecule has 4 atom stereocenters. The van der Waals surface area contributed by atoms with E-state index in [2.05, 4.69) is 9.72 Å². The van der Waals surface area contributed by atoms with Crippen molar-refractivity contribution in [2.75, 3.05) is 13.7 Å². The van der Waals surface area contributed by atoms with Crippen molar-refractivity contribution in [2.24, 2.45) is 0 Å². The van der Waals surface area contributed by atoms with Crippen LogP contribution in [-0.2, 0) is 16.0 Å². The maximum Gasteiger partial charge on any atom is 0.337 e. The second-order valence-corrected chi connectivity index (χ2v) is 5.67. The number of fused-ring (bicyclic) bond motifs is 1. The Morgan fingerprint density at radius 1 is 1.29 bits per heavy atom. The zero-order valence-corrected chi connectivity index (χ0v) is 13.1. The number of H-pyrrole nitrogens is 1. The molecule has 4 unspecified atom stereocenters. The molecule has 0 saturated heterocycles. The summed E-state index contributed by atoms with van der Waals surface area (Å²) in [7, 11) is 1.02. The molecule has 0 bridgehead atoms. The zero-order chi connectivity index (χ0) is 17.9. The van der Waals surface area contributed by atoms with Crippen molar-refractivity contribution in [3.8, 4) is 0 Å². The number of para-hydroxylation sites is 1. The smallest absolute Gasteiger partial charge is 0.337 e. The number of aromatic amines is 1. The van der Waals surface area contributed by atoms with Crippen LogP contribution in [0.25, 0.3) is 10.9 Å². The Kier molecular flexibility index (Phi) is 5.58. The number of carbonyl (C=O) groups excluding carboxylic acids is 1. The Bertz CT molecular complexity index is 668. The van der Waals surface area contributed by atoms with Crippen molar-refractivity contribution in [2.45, 2.75) is 30.3 Å². The summed E-state index contributed by atoms with van der Waals surface area (Å²) in [6, 6.07) is 8.93. The lowest BCUT2D eigenvalue weighted by atomic mass is 9.83. The first-order valence-electron chi connectivity index (χ1n) is 7.35. The van der Waals surface area contributed by atoms with E-state index in [1.165, 1.54) is 0 Å². The molecule has 0 aliphatic carbocycles. The highest BCUT2D eigenvalue weighted by atomic mass is 16.5. The molecule has 24 heavy (non-hydrogen) atoms. The van der Waals surface area contributed by atoms with Crippen molar-refractivity contribution in [3.63, 3.8) is 0 Å². The number of esters is 1. The third kappa shape index (κ3) is 3.42. The van der Waals surface area contributed by atoms with Crippen LogP contribution in [0.1, 0.15) is 5.69 Å². The van der Waals surface area contributed by atoms with Gasteiger partial charge in [0.05, 0.1) is 13.7 Å². The highest BCUT2D eigenvalue weighted by Crippen LogP contribution is 2.26. The Morgan fingerprint density at radius 3 is 2.54 bits per heavy atom. The van der Waals surface area contributed by atoms with Gasteiger partial charge in [-0.05, 0) is 17.5 Å². The van der Waals surface area contributed by atoms with Crippen LogP contribution in [0.5, 0.6) is 0 Å². The van der Waals surface area contributed by atoms with Gasteiger partial charge in [0.2, 0.25) is 0 Å². The summed E-state index contributed by atoms with van der Waals surface area (Å²) in [5.41, 5.74) is -1.28. The Hall–Kier alpha value is -1.97. The van der Waals surface area contributed by atoms with E-state index in [9.17, 15) is 25.2 Å². The summed E-state index contributed by atoms with van der Waals surface area (Å²) in [6.07, 6.45) is -6.23. The average Bonchev–Trinajstić information content (AvgIpc) is 3.00. The van der Waals surface area contributed by atoms with E-state index in [1.54, 1.807) is 12.1 Å². The van der Waals surface area contributed by atoms with Crippen molar-refractivity contribution in [1.82, 2.24) is 4.98 Å². The van der Waals surface area contributed by atoms with Crippen LogP contribution < -0.4 is 0 Å². The minimum Gasteiger partial charge on any atom is -0.467 e. The molecular weight excluding hydrogens is 318 g/mol. The van der Waals surface area contributed by atoms with Gasteiger partial charge in [0, 0.05) is 17.6 Å². The second kappa shape index (κ2) is 7.29. The van der Waals surface area contributed by atoms with Crippen molar-refractivity contribution in [1.29, 1.82) is 0 Å². The van der Waals surface area contributed by atoms with Crippen LogP contribution in [0.4, 0.5) is 0 Å². The van der Waals surface area contributed by atoms with E-state index in [0.29, 0.717) is 5.69 Å². The maximum absolute atomic E-state index is 11.6. The minimum atomic E-state index is -2.46. The number of benzene rings is 1. The van der Waals surface area contributed by atoms with Crippen LogP contribution in [0.2, 0.25) is 0 Å². The topological polar surface area (TPSA) is 143 Å². The fourth-order valence-corrected chi connectivity index (χ4v) is 2.65. The van der Waals surface area contributed by atoms with E-state index in [-0.39, 0.29) is 6.42 Å². The molecule has 0 spiro atoms. The SMILES string of the molecule is COC(=O)C(O)C(O)(Cc1cc2ccccc2[nH]1)C(O)C(O)CO. The molecule has 0 fully saturated rings. The van der Waals surface area contributed by atoms with Gasteiger partial charge in [0.25, 0.3) is 0 Å². The van der Waals surface area contributed by atoms with E-state index in [1.807, 2.05) is 18.2 Å². The molecule has 0 aliphatic heterocycles. The minimum absolute atomic E-state index is 0.379. The first-order chi connectivity index (χ1) is 11.3. The number of carbonyl (C=O) groups is 1. The van der Waals surface area contributed by atoms with Gasteiger partial charge < -0.3 is 35.3 Å². The summed E-state index contributed by atoms with van der Waals surface area (Å²) in [5, 5.41) is 50.5. The predicted molar refractivity (Wildman–Crippen MR) is 84.1 cm³/mol. The molecule has 2 rings (SSSR count). The predicted octanol–water partition coefficient (Wildman–Crippen LogP) is -1.31. The molecule has 8 heteroatoms. The van der Waals surface area contributed by atoms with Crippen molar-refractivity contribution >= 4 is 16.9 Å². The molecule has 132 valence electrons. The highest BCUT2D eigenvalue weighted by molar-refractivity contribution is 5.80. The number of hydrogen-bond donors (Lipinski definition) is 6. The fourth-order valence-electron chi connectivity index (χ4n) is 2.65. The molecule has 6 N–H and O–H groups in total. The van der Waals surface area contributed by atoms with E-state index in [4.69, 9.17) is 5.11 Å². The van der Waals surface area contributed by atoms with Gasteiger partial charge in [0.15, 0.2) is 6.10 Å². The monoisotopic (exact) mass is 339 g/mol. The molecule has 8 nitrogen and oxygen atoms in total. The Morgan fingerprint density at radius 2 is 1.96 bits per heavy atom. The van der Waals surface area contributed by atoms with E-state index >= 15 is 0 Å².